The van der Waals surface area contributed by atoms with Crippen molar-refractivity contribution in [2.75, 3.05) is 6.61 Å². The van der Waals surface area contributed by atoms with E-state index in [-0.39, 0.29) is 26.4 Å². The molecule has 11 atom stereocenters. The van der Waals surface area contributed by atoms with Gasteiger partial charge in [0.2, 0.25) is 0 Å². The summed E-state index contributed by atoms with van der Waals surface area (Å²) in [4.78, 5) is 2.84. The van der Waals surface area contributed by atoms with Crippen molar-refractivity contribution >= 4 is 0 Å². The fourth-order valence-corrected chi connectivity index (χ4v) is 6.64. The number of nitrogens with zero attached hydrogens (tertiary/aromatic N) is 3. The first-order valence-electron chi connectivity index (χ1n) is 17.6. The Kier molecular flexibility index (Phi) is 14.0. The Balaban J connectivity index is 1.40. The molecule has 1 aliphatic heterocycles. The molecule has 4 aromatic carbocycles. The average Bonchev–Trinajstić information content (AvgIpc) is 3.20. The van der Waals surface area contributed by atoms with Crippen molar-refractivity contribution in [3.8, 4) is 0 Å². The highest BCUT2D eigenvalue weighted by molar-refractivity contribution is 5.17. The van der Waals surface area contributed by atoms with E-state index < -0.39 is 73.9 Å². The minimum Gasteiger partial charge on any atom is -0.394 e. The van der Waals surface area contributed by atoms with Crippen molar-refractivity contribution in [2.24, 2.45) is 5.11 Å². The molecule has 0 unspecified atom stereocenters. The zero-order chi connectivity index (χ0) is 37.0. The van der Waals surface area contributed by atoms with E-state index in [4.69, 9.17) is 28.4 Å². The second-order valence-corrected chi connectivity index (χ2v) is 13.0. The zero-order valence-corrected chi connectivity index (χ0v) is 29.0. The molecule has 4 N–H and O–H groups in total. The van der Waals surface area contributed by atoms with Crippen LogP contribution in [0.15, 0.2) is 126 Å². The Bertz CT molecular complexity index is 1700. The molecule has 4 aromatic rings. The van der Waals surface area contributed by atoms with Crippen molar-refractivity contribution in [3.05, 3.63) is 154 Å². The van der Waals surface area contributed by atoms with E-state index in [1.54, 1.807) is 0 Å². The quantitative estimate of drug-likeness (QED) is 0.0741. The first-order chi connectivity index (χ1) is 26.0. The van der Waals surface area contributed by atoms with Gasteiger partial charge in [0, 0.05) is 4.91 Å². The minimum absolute atomic E-state index is 0.0934. The van der Waals surface area contributed by atoms with E-state index in [9.17, 15) is 26.0 Å². The molecule has 1 heterocycles. The maximum atomic E-state index is 12.3. The Labute approximate surface area is 307 Å². The lowest BCUT2D eigenvalue weighted by Crippen LogP contribution is -2.68. The smallest absolute Gasteiger partial charge is 0.169 e. The number of ether oxygens (including phenoxy) is 6. The summed E-state index contributed by atoms with van der Waals surface area (Å²) in [5.41, 5.74) is 12.8. The van der Waals surface area contributed by atoms with Crippen LogP contribution in [-0.4, -0.2) is 94.3 Å². The van der Waals surface area contributed by atoms with Crippen molar-refractivity contribution in [1.29, 1.82) is 0 Å². The van der Waals surface area contributed by atoms with Gasteiger partial charge in [-0.1, -0.05) is 126 Å². The summed E-state index contributed by atoms with van der Waals surface area (Å²) in [6.07, 6.45) is -12.7. The topological polar surface area (TPSA) is 185 Å². The van der Waals surface area contributed by atoms with Gasteiger partial charge in [0.15, 0.2) is 6.29 Å². The van der Waals surface area contributed by atoms with Crippen LogP contribution in [0.25, 0.3) is 10.4 Å². The fraction of sp³-hybridized carbons (Fsp3) is 0.400. The lowest BCUT2D eigenvalue weighted by molar-refractivity contribution is -0.332. The maximum Gasteiger partial charge on any atom is 0.169 e. The molecule has 53 heavy (non-hydrogen) atoms. The van der Waals surface area contributed by atoms with Crippen molar-refractivity contribution in [2.45, 2.75) is 93.7 Å². The number of benzene rings is 4. The molecular formula is C40H45N3O10. The molecule has 13 nitrogen and oxygen atoms in total. The monoisotopic (exact) mass is 727 g/mol. The standard InChI is InChI=1S/C40H45N3O10/c41-43-42-31-33(46)32(45)30(21-44)52-40(31)53-36-34(47)35(48-22-26-13-5-1-6-14-26)37(49-23-27-15-7-2-8-16-27)39(51-25-29-19-11-4-12-20-29)38(36)50-24-28-17-9-3-10-18-28/h1-20,30-40,44-47H,21-25H2/t30-,31-,32-,33-,34+,35+,36+,37+,38-,39-,40-/m1/s1. The summed E-state index contributed by atoms with van der Waals surface area (Å²) in [6, 6.07) is 36.6. The number of rotatable bonds is 16. The van der Waals surface area contributed by atoms with E-state index in [2.05, 4.69) is 10.0 Å². The highest BCUT2D eigenvalue weighted by Gasteiger charge is 2.56. The van der Waals surface area contributed by atoms with Gasteiger partial charge in [-0.3, -0.25) is 0 Å². The number of hydrogen-bond acceptors (Lipinski definition) is 11. The minimum atomic E-state index is -1.65. The number of azide groups is 1. The molecule has 0 spiro atoms. The van der Waals surface area contributed by atoms with E-state index in [0.717, 1.165) is 22.3 Å². The molecule has 6 rings (SSSR count). The van der Waals surface area contributed by atoms with Crippen LogP contribution in [-0.2, 0) is 54.8 Å². The summed E-state index contributed by atoms with van der Waals surface area (Å²) < 4.78 is 38.8. The highest BCUT2D eigenvalue weighted by atomic mass is 16.7. The van der Waals surface area contributed by atoms with Crippen LogP contribution in [0.3, 0.4) is 0 Å². The number of hydrogen-bond donors (Lipinski definition) is 4. The second-order valence-electron chi connectivity index (χ2n) is 13.0. The molecule has 13 heteroatoms. The largest absolute Gasteiger partial charge is 0.394 e. The Morgan fingerprint density at radius 3 is 1.30 bits per heavy atom. The van der Waals surface area contributed by atoms with Crippen molar-refractivity contribution in [1.82, 2.24) is 0 Å². The maximum absolute atomic E-state index is 12.3. The summed E-state index contributed by atoms with van der Waals surface area (Å²) in [5, 5.41) is 47.5. The van der Waals surface area contributed by atoms with E-state index in [1.807, 2.05) is 121 Å². The van der Waals surface area contributed by atoms with Crippen LogP contribution < -0.4 is 0 Å². The van der Waals surface area contributed by atoms with Gasteiger partial charge < -0.3 is 48.8 Å². The third kappa shape index (κ3) is 9.86. The third-order valence-electron chi connectivity index (χ3n) is 9.43. The van der Waals surface area contributed by atoms with Gasteiger partial charge in [0.1, 0.15) is 54.9 Å². The number of aliphatic hydroxyl groups excluding tert-OH is 4. The van der Waals surface area contributed by atoms with Gasteiger partial charge >= 0.3 is 0 Å². The molecular weight excluding hydrogens is 682 g/mol. The van der Waals surface area contributed by atoms with Gasteiger partial charge in [-0.05, 0) is 27.8 Å². The van der Waals surface area contributed by atoms with Crippen molar-refractivity contribution < 1.29 is 48.8 Å². The predicted molar refractivity (Wildman–Crippen MR) is 192 cm³/mol. The fourth-order valence-electron chi connectivity index (χ4n) is 6.64. The van der Waals surface area contributed by atoms with E-state index >= 15 is 0 Å². The van der Waals surface area contributed by atoms with Crippen LogP contribution in [0, 0.1) is 0 Å². The van der Waals surface area contributed by atoms with Gasteiger partial charge in [-0.15, -0.1) is 0 Å². The second kappa shape index (κ2) is 19.2. The van der Waals surface area contributed by atoms with E-state index in [1.165, 1.54) is 0 Å². The molecule has 1 saturated heterocycles. The molecule has 0 amide bonds. The summed E-state index contributed by atoms with van der Waals surface area (Å²) in [5.74, 6) is 0. The normalized spacial score (nSPS) is 30.0. The van der Waals surface area contributed by atoms with E-state index in [0.29, 0.717) is 0 Å². The van der Waals surface area contributed by atoms with Gasteiger partial charge in [0.05, 0.1) is 39.1 Å². The molecule has 0 bridgehead atoms. The third-order valence-corrected chi connectivity index (χ3v) is 9.43. The first kappa shape index (κ1) is 38.5. The molecule has 280 valence electrons. The van der Waals surface area contributed by atoms with Crippen LogP contribution in [0.2, 0.25) is 0 Å². The van der Waals surface area contributed by atoms with Gasteiger partial charge in [0.25, 0.3) is 0 Å². The summed E-state index contributed by atoms with van der Waals surface area (Å²) in [7, 11) is 0. The average molecular weight is 728 g/mol. The molecule has 0 radical (unpaired) electrons. The summed E-state index contributed by atoms with van der Waals surface area (Å²) in [6.45, 7) is -0.146. The molecule has 1 saturated carbocycles. The SMILES string of the molecule is [N-]=[N+]=N[C@H]1[C@@H](O[C@H]2[C@@H](O)[C@H](OCc3ccccc3)[C@H](OCc3ccccc3)[C@@H](OCc3ccccc3)[C@@H]2OCc2ccccc2)O[C@H](CO)[C@@H](O)[C@@H]1O. The predicted octanol–water partition coefficient (Wildman–Crippen LogP) is 4.21. The lowest BCUT2D eigenvalue weighted by atomic mass is 9.83. The van der Waals surface area contributed by atoms with Gasteiger partial charge in [-0.2, -0.15) is 0 Å². The van der Waals surface area contributed by atoms with Crippen LogP contribution in [0.1, 0.15) is 22.3 Å². The molecule has 2 fully saturated rings. The highest BCUT2D eigenvalue weighted by Crippen LogP contribution is 2.37. The first-order valence-corrected chi connectivity index (χ1v) is 17.6. The summed E-state index contributed by atoms with van der Waals surface area (Å²) >= 11 is 0. The molecule has 2 aliphatic rings. The molecule has 1 aliphatic carbocycles. The van der Waals surface area contributed by atoms with Gasteiger partial charge in [-0.25, -0.2) is 0 Å². The zero-order valence-electron chi connectivity index (χ0n) is 29.0. The van der Waals surface area contributed by atoms with Crippen LogP contribution in [0.5, 0.6) is 0 Å². The Morgan fingerprint density at radius 2 is 0.906 bits per heavy atom. The lowest BCUT2D eigenvalue weighted by Gasteiger charge is -2.50. The van der Waals surface area contributed by atoms with Crippen LogP contribution in [0.4, 0.5) is 0 Å². The number of aliphatic hydroxyl groups is 4. The Morgan fingerprint density at radius 1 is 0.528 bits per heavy atom. The Hall–Kier alpha value is -4.21. The van der Waals surface area contributed by atoms with Crippen LogP contribution >= 0.6 is 0 Å². The molecule has 0 aromatic heterocycles. The van der Waals surface area contributed by atoms with Crippen molar-refractivity contribution in [3.63, 3.8) is 0 Å².